The molecule has 3 amide bonds. The Kier molecular flexibility index (Phi) is 14.0. The number of hydrogen-bond donors (Lipinski definition) is 2. The molecule has 1 aliphatic heterocycles. The van der Waals surface area contributed by atoms with E-state index in [9.17, 15) is 29.3 Å². The van der Waals surface area contributed by atoms with Gasteiger partial charge >= 0.3 is 5.97 Å². The highest BCUT2D eigenvalue weighted by Gasteiger charge is 2.38. The van der Waals surface area contributed by atoms with Crippen LogP contribution in [0.5, 0.6) is 11.5 Å². The molecule has 1 aromatic heterocycles. The molecule has 1 aliphatic rings. The van der Waals surface area contributed by atoms with Crippen LogP contribution in [0.3, 0.4) is 0 Å². The number of aryl methyl sites for hydroxylation is 1. The minimum Gasteiger partial charge on any atom is -0.493 e. The van der Waals surface area contributed by atoms with Gasteiger partial charge in [0.25, 0.3) is 17.5 Å². The van der Waals surface area contributed by atoms with E-state index in [1.807, 2.05) is 0 Å². The molecule has 46 heavy (non-hydrogen) atoms. The molecular weight excluding hydrogens is 640 g/mol. The van der Waals surface area contributed by atoms with E-state index in [2.05, 4.69) is 34.2 Å². The van der Waals surface area contributed by atoms with Crippen molar-refractivity contribution in [3.05, 3.63) is 39.8 Å². The number of anilines is 1. The van der Waals surface area contributed by atoms with Gasteiger partial charge < -0.3 is 34.3 Å². The molecule has 1 atom stereocenters. The van der Waals surface area contributed by atoms with E-state index in [1.165, 1.54) is 37.1 Å². The first-order chi connectivity index (χ1) is 22.0. The molecule has 0 unspecified atom stereocenters. The number of amides is 3. The van der Waals surface area contributed by atoms with Crippen LogP contribution in [0.15, 0.2) is 18.3 Å². The summed E-state index contributed by atoms with van der Waals surface area (Å²) in [5, 5.41) is 17.0. The van der Waals surface area contributed by atoms with Crippen LogP contribution in [0.2, 0.25) is 0 Å². The number of likely N-dealkylation sites (tertiary alicyclic amines) is 1. The Morgan fingerprint density at radius 3 is 2.50 bits per heavy atom. The summed E-state index contributed by atoms with van der Waals surface area (Å²) in [6.45, 7) is 4.37. The SMILES string of the molecule is CCSC(SCC)[C@@H]1CCCN1C(=O)c1cc(OC)c(OCCCC(=O)Nc2cn(C)c(C(=O)NCC(=O)OC)n2)cc1[N+](=O)[O-]. The lowest BCUT2D eigenvalue weighted by molar-refractivity contribution is -0.385. The molecule has 2 heterocycles. The average molecular weight is 681 g/mol. The summed E-state index contributed by atoms with van der Waals surface area (Å²) < 4.78 is 17.3. The standard InChI is InChI=1S/C29H40N6O9S2/c1-6-45-29(46-7-2)19-10-8-12-34(19)28(39)18-14-21(42-4)22(15-20(18)35(40)41)44-13-9-11-24(36)31-23-17-33(3)26(32-23)27(38)30-16-25(37)43-5/h14-15,17,19,29H,6-13,16H2,1-5H3,(H,30,38)(H,31,36)/t19-/m0/s1. The molecule has 2 aromatic rings. The lowest BCUT2D eigenvalue weighted by Crippen LogP contribution is -2.41. The maximum Gasteiger partial charge on any atom is 0.325 e. The Balaban J connectivity index is 1.63. The van der Waals surface area contributed by atoms with Crippen LogP contribution in [-0.2, 0) is 21.4 Å². The molecule has 0 radical (unpaired) electrons. The van der Waals surface area contributed by atoms with Gasteiger partial charge in [-0.3, -0.25) is 29.3 Å². The van der Waals surface area contributed by atoms with Gasteiger partial charge in [-0.25, -0.2) is 4.98 Å². The van der Waals surface area contributed by atoms with Gasteiger partial charge in [-0.2, -0.15) is 0 Å². The highest BCUT2D eigenvalue weighted by molar-refractivity contribution is 8.17. The van der Waals surface area contributed by atoms with E-state index in [4.69, 9.17) is 9.47 Å². The molecule has 0 aliphatic carbocycles. The first-order valence-corrected chi connectivity index (χ1v) is 16.9. The molecule has 3 rings (SSSR count). The number of imidazole rings is 1. The van der Waals surface area contributed by atoms with Crippen molar-refractivity contribution >= 4 is 58.7 Å². The number of carbonyl (C=O) groups is 4. The minimum atomic E-state index is -0.619. The largest absolute Gasteiger partial charge is 0.493 e. The fourth-order valence-corrected chi connectivity index (χ4v) is 7.76. The van der Waals surface area contributed by atoms with Crippen molar-refractivity contribution in [2.24, 2.45) is 7.05 Å². The summed E-state index contributed by atoms with van der Waals surface area (Å²) in [4.78, 5) is 67.0. The van der Waals surface area contributed by atoms with Crippen molar-refractivity contribution in [1.82, 2.24) is 19.8 Å². The molecular formula is C29H40N6O9S2. The Hall–Kier alpha value is -3.99. The topological polar surface area (TPSA) is 184 Å². The third kappa shape index (κ3) is 9.51. The van der Waals surface area contributed by atoms with E-state index < -0.39 is 28.6 Å². The third-order valence-corrected chi connectivity index (χ3v) is 9.79. The second-order valence-corrected chi connectivity index (χ2v) is 13.2. The average Bonchev–Trinajstić information content (AvgIpc) is 3.67. The van der Waals surface area contributed by atoms with Gasteiger partial charge in [-0.1, -0.05) is 13.8 Å². The molecule has 15 nitrogen and oxygen atoms in total. The van der Waals surface area contributed by atoms with Crippen molar-refractivity contribution in [1.29, 1.82) is 0 Å². The number of hydrogen-bond acceptors (Lipinski definition) is 12. The monoisotopic (exact) mass is 680 g/mol. The maximum absolute atomic E-state index is 13.7. The van der Waals surface area contributed by atoms with Gasteiger partial charge in [0.1, 0.15) is 12.1 Å². The van der Waals surface area contributed by atoms with Gasteiger partial charge in [0.05, 0.1) is 42.4 Å². The molecule has 2 N–H and O–H groups in total. The Bertz CT molecular complexity index is 1410. The second-order valence-electron chi connectivity index (χ2n) is 10.1. The van der Waals surface area contributed by atoms with Crippen LogP contribution in [-0.4, -0.2) is 99.1 Å². The number of benzene rings is 1. The van der Waals surface area contributed by atoms with E-state index in [1.54, 1.807) is 35.5 Å². The molecule has 17 heteroatoms. The zero-order valence-electron chi connectivity index (χ0n) is 26.5. The van der Waals surface area contributed by atoms with Crippen molar-refractivity contribution in [3.63, 3.8) is 0 Å². The Morgan fingerprint density at radius 2 is 1.87 bits per heavy atom. The number of thioether (sulfide) groups is 2. The molecule has 1 aromatic carbocycles. The zero-order valence-corrected chi connectivity index (χ0v) is 28.2. The fourth-order valence-electron chi connectivity index (χ4n) is 4.89. The number of nitrogens with zero attached hydrogens (tertiary/aromatic N) is 4. The number of nitrogens with one attached hydrogen (secondary N) is 2. The highest BCUT2D eigenvalue weighted by Crippen LogP contribution is 2.39. The van der Waals surface area contributed by atoms with Crippen LogP contribution in [0.1, 0.15) is 60.5 Å². The van der Waals surface area contributed by atoms with E-state index >= 15 is 0 Å². The Morgan fingerprint density at radius 1 is 1.15 bits per heavy atom. The minimum absolute atomic E-state index is 0.0158. The normalized spacial score (nSPS) is 14.2. The molecule has 1 fully saturated rings. The quantitative estimate of drug-likeness (QED) is 0.0817. The fraction of sp³-hybridized carbons (Fsp3) is 0.552. The molecule has 0 saturated carbocycles. The van der Waals surface area contributed by atoms with Crippen LogP contribution >= 0.6 is 23.5 Å². The van der Waals surface area contributed by atoms with Crippen LogP contribution in [0.25, 0.3) is 0 Å². The molecule has 1 saturated heterocycles. The summed E-state index contributed by atoms with van der Waals surface area (Å²) in [5.41, 5.74) is -0.440. The summed E-state index contributed by atoms with van der Waals surface area (Å²) >= 11 is 3.56. The summed E-state index contributed by atoms with van der Waals surface area (Å²) in [6.07, 6.45) is 3.37. The predicted molar refractivity (Wildman–Crippen MR) is 175 cm³/mol. The number of esters is 1. The number of methoxy groups -OCH3 is 2. The van der Waals surface area contributed by atoms with Gasteiger partial charge in [0.15, 0.2) is 17.3 Å². The Labute approximate surface area is 275 Å². The van der Waals surface area contributed by atoms with Crippen molar-refractivity contribution in [2.75, 3.05) is 50.7 Å². The van der Waals surface area contributed by atoms with Gasteiger partial charge in [-0.15, -0.1) is 23.5 Å². The van der Waals surface area contributed by atoms with Crippen LogP contribution < -0.4 is 20.1 Å². The van der Waals surface area contributed by atoms with Gasteiger partial charge in [0, 0.05) is 32.3 Å². The lowest BCUT2D eigenvalue weighted by atomic mass is 10.1. The molecule has 0 bridgehead atoms. The van der Waals surface area contributed by atoms with E-state index in [0.717, 1.165) is 24.3 Å². The van der Waals surface area contributed by atoms with Gasteiger partial charge in [0.2, 0.25) is 11.7 Å². The third-order valence-electron chi connectivity index (χ3n) is 7.02. The van der Waals surface area contributed by atoms with Crippen molar-refractivity contribution in [2.45, 2.75) is 50.2 Å². The number of carbonyl (C=O) groups excluding carboxylic acids is 4. The lowest BCUT2D eigenvalue weighted by Gasteiger charge is -2.31. The highest BCUT2D eigenvalue weighted by atomic mass is 32.2. The maximum atomic E-state index is 13.7. The number of ether oxygens (including phenoxy) is 3. The van der Waals surface area contributed by atoms with E-state index in [0.29, 0.717) is 6.54 Å². The molecule has 0 spiro atoms. The molecule has 252 valence electrons. The smallest absolute Gasteiger partial charge is 0.325 e. The summed E-state index contributed by atoms with van der Waals surface area (Å²) in [5.74, 6) is 0.136. The van der Waals surface area contributed by atoms with Crippen LogP contribution in [0.4, 0.5) is 11.5 Å². The number of aromatic nitrogens is 2. The van der Waals surface area contributed by atoms with Crippen molar-refractivity contribution in [3.8, 4) is 11.5 Å². The van der Waals surface area contributed by atoms with Crippen molar-refractivity contribution < 1.29 is 38.3 Å². The summed E-state index contributed by atoms with van der Waals surface area (Å²) in [6, 6.07) is 2.51. The second kappa shape index (κ2) is 17.6. The first kappa shape index (κ1) is 36.5. The first-order valence-electron chi connectivity index (χ1n) is 14.8. The van der Waals surface area contributed by atoms with Gasteiger partial charge in [-0.05, 0) is 30.8 Å². The van der Waals surface area contributed by atoms with E-state index in [-0.39, 0.29) is 71.0 Å². The number of nitro groups is 1. The predicted octanol–water partition coefficient (Wildman–Crippen LogP) is 3.47. The number of rotatable bonds is 17. The van der Waals surface area contributed by atoms with Crippen LogP contribution in [0, 0.1) is 10.1 Å². The number of nitro benzene ring substituents is 1. The zero-order chi connectivity index (χ0) is 33.8. The summed E-state index contributed by atoms with van der Waals surface area (Å²) in [7, 11) is 4.15.